The number of halogens is 7. The van der Waals surface area contributed by atoms with Gasteiger partial charge in [-0.05, 0) is 6.92 Å². The molecule has 0 atom stereocenters. The molecule has 0 saturated heterocycles. The molecule has 0 radical (unpaired) electrons. The average Bonchev–Trinajstić information content (AvgIpc) is 1.95. The molecule has 0 fully saturated rings. The number of hydrogen-bond acceptors (Lipinski definition) is 1. The Balaban J connectivity index is 5.07. The maximum absolute atomic E-state index is 12.5. The minimum absolute atomic E-state index is 0.0129. The third-order valence-electron chi connectivity index (χ3n) is 1.10. The SMILES string of the molecule is CC=COC(F)(C(F)(F)F)C(F)(F)F. The third-order valence-corrected chi connectivity index (χ3v) is 1.10. The molecule has 0 unspecified atom stereocenters. The van der Waals surface area contributed by atoms with Crippen LogP contribution in [0.15, 0.2) is 12.3 Å². The van der Waals surface area contributed by atoms with E-state index < -0.39 is 18.2 Å². The topological polar surface area (TPSA) is 9.23 Å². The first kappa shape index (κ1) is 13.0. The molecule has 1 nitrogen and oxygen atoms in total. The first-order valence-corrected chi connectivity index (χ1v) is 3.17. The minimum atomic E-state index is -6.18. The van der Waals surface area contributed by atoms with Gasteiger partial charge in [0.25, 0.3) is 0 Å². The molecule has 14 heavy (non-hydrogen) atoms. The maximum Gasteiger partial charge on any atom is 0.470 e. The molecular formula is C6H5F7O. The first-order valence-electron chi connectivity index (χ1n) is 3.17. The summed E-state index contributed by atoms with van der Waals surface area (Å²) in [7, 11) is 0. The Kier molecular flexibility index (Phi) is 3.41. The zero-order valence-electron chi connectivity index (χ0n) is 6.71. The standard InChI is InChI=1S/C6H5F7O/c1-2-3-14-4(7,5(8,9)10)6(11,12)13/h2-3H,1H3. The zero-order valence-corrected chi connectivity index (χ0v) is 6.71. The second-order valence-electron chi connectivity index (χ2n) is 2.18. The van der Waals surface area contributed by atoms with Gasteiger partial charge in [0.1, 0.15) is 0 Å². The largest absolute Gasteiger partial charge is 0.470 e. The Morgan fingerprint density at radius 2 is 1.21 bits per heavy atom. The molecule has 8 heteroatoms. The van der Waals surface area contributed by atoms with Crippen molar-refractivity contribution in [3.63, 3.8) is 0 Å². The number of allylic oxidation sites excluding steroid dienone is 1. The van der Waals surface area contributed by atoms with Gasteiger partial charge in [0.05, 0.1) is 6.26 Å². The molecule has 0 aromatic rings. The summed E-state index contributed by atoms with van der Waals surface area (Å²) in [6, 6.07) is 0. The van der Waals surface area contributed by atoms with Crippen LogP contribution in [0.2, 0.25) is 0 Å². The van der Waals surface area contributed by atoms with E-state index in [4.69, 9.17) is 0 Å². The summed E-state index contributed by atoms with van der Waals surface area (Å²) in [4.78, 5) is 0. The smallest absolute Gasteiger partial charge is 0.452 e. The van der Waals surface area contributed by atoms with Crippen molar-refractivity contribution in [3.8, 4) is 0 Å². The highest BCUT2D eigenvalue weighted by molar-refractivity contribution is 4.88. The van der Waals surface area contributed by atoms with E-state index in [2.05, 4.69) is 4.74 Å². The summed E-state index contributed by atoms with van der Waals surface area (Å²) in [6.07, 6.45) is -11.7. The van der Waals surface area contributed by atoms with Crippen LogP contribution in [-0.2, 0) is 4.74 Å². The van der Waals surface area contributed by atoms with E-state index in [1.54, 1.807) is 0 Å². The van der Waals surface area contributed by atoms with Crippen LogP contribution in [0, 0.1) is 0 Å². The predicted molar refractivity (Wildman–Crippen MR) is 31.8 cm³/mol. The van der Waals surface area contributed by atoms with Gasteiger partial charge in [0.15, 0.2) is 0 Å². The van der Waals surface area contributed by atoms with E-state index >= 15 is 0 Å². The monoisotopic (exact) mass is 226 g/mol. The lowest BCUT2D eigenvalue weighted by Gasteiger charge is -2.28. The molecule has 0 aliphatic carbocycles. The molecule has 0 rings (SSSR count). The van der Waals surface area contributed by atoms with Crippen LogP contribution < -0.4 is 0 Å². The van der Waals surface area contributed by atoms with Crippen LogP contribution in [-0.4, -0.2) is 18.2 Å². The maximum atomic E-state index is 12.5. The Hall–Kier alpha value is -0.950. The van der Waals surface area contributed by atoms with Crippen LogP contribution >= 0.6 is 0 Å². The molecule has 0 heterocycles. The highest BCUT2D eigenvalue weighted by Crippen LogP contribution is 2.46. The zero-order chi connectivity index (χ0) is 11.6. The fourth-order valence-electron chi connectivity index (χ4n) is 0.456. The van der Waals surface area contributed by atoms with Crippen LogP contribution in [0.1, 0.15) is 6.92 Å². The molecule has 0 aliphatic heterocycles. The van der Waals surface area contributed by atoms with Gasteiger partial charge in [-0.2, -0.15) is 30.7 Å². The summed E-state index contributed by atoms with van der Waals surface area (Å²) in [6.45, 7) is 1.08. The Morgan fingerprint density at radius 1 is 0.857 bits per heavy atom. The van der Waals surface area contributed by atoms with Gasteiger partial charge in [-0.1, -0.05) is 6.08 Å². The second kappa shape index (κ2) is 3.66. The van der Waals surface area contributed by atoms with E-state index in [1.807, 2.05) is 0 Å². The highest BCUT2D eigenvalue weighted by Gasteiger charge is 2.75. The quantitative estimate of drug-likeness (QED) is 0.518. The van der Waals surface area contributed by atoms with Crippen LogP contribution in [0.5, 0.6) is 0 Å². The van der Waals surface area contributed by atoms with Crippen LogP contribution in [0.4, 0.5) is 30.7 Å². The normalized spacial score (nSPS) is 14.9. The molecule has 0 aromatic heterocycles. The summed E-state index contributed by atoms with van der Waals surface area (Å²) in [5, 5.41) is 0. The van der Waals surface area contributed by atoms with Gasteiger partial charge < -0.3 is 4.74 Å². The number of hydrogen-bond donors (Lipinski definition) is 0. The van der Waals surface area contributed by atoms with Crippen molar-refractivity contribution in [2.24, 2.45) is 0 Å². The lowest BCUT2D eigenvalue weighted by atomic mass is 10.3. The molecule has 0 bridgehead atoms. The van der Waals surface area contributed by atoms with Crippen molar-refractivity contribution < 1.29 is 35.5 Å². The van der Waals surface area contributed by atoms with Gasteiger partial charge in [0, 0.05) is 0 Å². The average molecular weight is 226 g/mol. The third kappa shape index (κ3) is 2.30. The van der Waals surface area contributed by atoms with Crippen molar-refractivity contribution in [2.75, 3.05) is 0 Å². The van der Waals surface area contributed by atoms with E-state index in [0.717, 1.165) is 6.92 Å². The van der Waals surface area contributed by atoms with Gasteiger partial charge in [-0.25, -0.2) is 0 Å². The van der Waals surface area contributed by atoms with Gasteiger partial charge >= 0.3 is 18.2 Å². The van der Waals surface area contributed by atoms with E-state index in [1.165, 1.54) is 0 Å². The van der Waals surface area contributed by atoms with E-state index in [-0.39, 0.29) is 6.26 Å². The summed E-state index contributed by atoms with van der Waals surface area (Å²) >= 11 is 0. The lowest BCUT2D eigenvalue weighted by Crippen LogP contribution is -2.54. The highest BCUT2D eigenvalue weighted by atomic mass is 19.4. The van der Waals surface area contributed by atoms with Crippen molar-refractivity contribution in [1.29, 1.82) is 0 Å². The molecule has 0 amide bonds. The van der Waals surface area contributed by atoms with Crippen molar-refractivity contribution in [1.82, 2.24) is 0 Å². The minimum Gasteiger partial charge on any atom is -0.452 e. The first-order chi connectivity index (χ1) is 6.06. The fourth-order valence-corrected chi connectivity index (χ4v) is 0.456. The van der Waals surface area contributed by atoms with Gasteiger partial charge in [-0.3, -0.25) is 0 Å². The second-order valence-corrected chi connectivity index (χ2v) is 2.18. The fraction of sp³-hybridized carbons (Fsp3) is 0.667. The molecule has 0 spiro atoms. The van der Waals surface area contributed by atoms with Crippen LogP contribution in [0.25, 0.3) is 0 Å². The van der Waals surface area contributed by atoms with Gasteiger partial charge in [-0.15, -0.1) is 0 Å². The molecule has 0 saturated carbocycles. The predicted octanol–water partition coefficient (Wildman–Crippen LogP) is 3.33. The van der Waals surface area contributed by atoms with E-state index in [0.29, 0.717) is 6.08 Å². The number of alkyl halides is 7. The summed E-state index contributed by atoms with van der Waals surface area (Å²) in [5.41, 5.74) is 0. The molecular weight excluding hydrogens is 221 g/mol. The molecule has 0 aromatic carbocycles. The van der Waals surface area contributed by atoms with Crippen LogP contribution in [0.3, 0.4) is 0 Å². The van der Waals surface area contributed by atoms with Gasteiger partial charge in [0.2, 0.25) is 0 Å². The summed E-state index contributed by atoms with van der Waals surface area (Å²) in [5.74, 6) is -5.66. The Labute approximate surface area is 74.1 Å². The molecule has 84 valence electrons. The van der Waals surface area contributed by atoms with Crippen molar-refractivity contribution in [2.45, 2.75) is 25.1 Å². The molecule has 0 aliphatic rings. The number of ether oxygens (including phenoxy) is 1. The van der Waals surface area contributed by atoms with Crippen molar-refractivity contribution >= 4 is 0 Å². The lowest BCUT2D eigenvalue weighted by molar-refractivity contribution is -0.417. The Bertz CT molecular complexity index is 199. The van der Waals surface area contributed by atoms with Crippen molar-refractivity contribution in [3.05, 3.63) is 12.3 Å². The molecule has 0 N–H and O–H groups in total. The Morgan fingerprint density at radius 3 is 1.43 bits per heavy atom. The summed E-state index contributed by atoms with van der Waals surface area (Å²) < 4.78 is 85.5. The van der Waals surface area contributed by atoms with E-state index in [9.17, 15) is 30.7 Å². The number of rotatable bonds is 2.